The second-order valence-electron chi connectivity index (χ2n) is 7.48. The maximum atomic E-state index is 12.0. The van der Waals surface area contributed by atoms with Crippen LogP contribution in [0.5, 0.6) is 0 Å². The normalized spacial score (nSPS) is 14.1. The molecule has 4 aromatic carbocycles. The van der Waals surface area contributed by atoms with Gasteiger partial charge in [-0.1, -0.05) is 62.0 Å². The van der Waals surface area contributed by atoms with Crippen LogP contribution < -0.4 is 0 Å². The summed E-state index contributed by atoms with van der Waals surface area (Å²) in [6.45, 7) is 0. The zero-order valence-corrected chi connectivity index (χ0v) is 15.8. The molecule has 0 saturated carbocycles. The van der Waals surface area contributed by atoms with Gasteiger partial charge in [0.25, 0.3) is 11.8 Å². The van der Waals surface area contributed by atoms with E-state index in [1.807, 2.05) is 0 Å². The minimum absolute atomic E-state index is 0. The smallest absolute Gasteiger partial charge is 0.330 e. The van der Waals surface area contributed by atoms with Gasteiger partial charge in [-0.25, -0.2) is 4.79 Å². The Morgan fingerprint density at radius 2 is 1.43 bits per heavy atom. The molecule has 1 saturated heterocycles. The first kappa shape index (κ1) is 19.8. The Balaban J connectivity index is 0.00000218. The van der Waals surface area contributed by atoms with E-state index < -0.39 is 17.8 Å². The Kier molecular flexibility index (Phi) is 5.12. The van der Waals surface area contributed by atoms with Crippen molar-refractivity contribution in [2.75, 3.05) is 0 Å². The summed E-state index contributed by atoms with van der Waals surface area (Å²) < 4.78 is 0. The van der Waals surface area contributed by atoms with Gasteiger partial charge in [0.1, 0.15) is 0 Å². The van der Waals surface area contributed by atoms with Crippen LogP contribution in [0, 0.1) is 0 Å². The summed E-state index contributed by atoms with van der Waals surface area (Å²) in [6, 6.07) is 19.2. The van der Waals surface area contributed by atoms with Gasteiger partial charge in [-0.2, -0.15) is 0 Å². The van der Waals surface area contributed by atoms with Crippen LogP contribution in [0.1, 0.15) is 38.7 Å². The number of hydrogen-bond acceptors (Lipinski definition) is 4. The Hall–Kier alpha value is -3.47. The molecule has 0 N–H and O–H groups in total. The molecule has 4 aromatic rings. The number of carbonyl (C=O) groups is 3. The molecule has 0 radical (unpaired) electrons. The van der Waals surface area contributed by atoms with Crippen molar-refractivity contribution in [1.29, 1.82) is 0 Å². The lowest BCUT2D eigenvalue weighted by atomic mass is 9.90. The van der Waals surface area contributed by atoms with E-state index in [0.717, 1.165) is 0 Å². The summed E-state index contributed by atoms with van der Waals surface area (Å²) in [7, 11) is 0. The van der Waals surface area contributed by atoms with Gasteiger partial charge >= 0.3 is 5.97 Å². The van der Waals surface area contributed by atoms with Gasteiger partial charge in [-0.3, -0.25) is 9.59 Å². The lowest BCUT2D eigenvalue weighted by molar-refractivity contribution is -0.197. The topological polar surface area (TPSA) is 63.7 Å². The van der Waals surface area contributed by atoms with E-state index in [1.54, 1.807) is 0 Å². The van der Waals surface area contributed by atoms with E-state index in [4.69, 9.17) is 4.84 Å². The van der Waals surface area contributed by atoms with Crippen molar-refractivity contribution >= 4 is 50.1 Å². The summed E-state index contributed by atoms with van der Waals surface area (Å²) in [4.78, 5) is 40.1. The molecule has 1 aliphatic rings. The fourth-order valence-corrected chi connectivity index (χ4v) is 4.24. The predicted octanol–water partition coefficient (Wildman–Crippen LogP) is 5.15. The SMILES string of the molecule is C.O=C(CCCc1ccc2ccc3cccc4ccc1c2c34)ON1C(=O)CCC1=O. The van der Waals surface area contributed by atoms with Crippen LogP contribution in [0.3, 0.4) is 0 Å². The number of nitrogens with zero attached hydrogens (tertiary/aromatic N) is 1. The number of hydrogen-bond donors (Lipinski definition) is 0. The molecule has 0 spiro atoms. The van der Waals surface area contributed by atoms with Crippen LogP contribution in [0.2, 0.25) is 0 Å². The number of aryl methyl sites for hydroxylation is 1. The Morgan fingerprint density at radius 1 is 0.833 bits per heavy atom. The highest BCUT2D eigenvalue weighted by Crippen LogP contribution is 2.36. The molecule has 1 aliphatic heterocycles. The number of carbonyl (C=O) groups excluding carboxylic acids is 3. The molecule has 5 nitrogen and oxygen atoms in total. The molecule has 5 rings (SSSR count). The second-order valence-corrected chi connectivity index (χ2v) is 7.48. The van der Waals surface area contributed by atoms with E-state index in [0.29, 0.717) is 17.9 Å². The first-order valence-electron chi connectivity index (χ1n) is 9.84. The van der Waals surface area contributed by atoms with Crippen molar-refractivity contribution in [3.8, 4) is 0 Å². The summed E-state index contributed by atoms with van der Waals surface area (Å²) in [5.41, 5.74) is 1.18. The highest BCUT2D eigenvalue weighted by molar-refractivity contribution is 6.23. The van der Waals surface area contributed by atoms with Gasteiger partial charge in [-0.15, -0.1) is 5.06 Å². The van der Waals surface area contributed by atoms with Crippen molar-refractivity contribution in [3.63, 3.8) is 0 Å². The zero-order chi connectivity index (χ0) is 20.0. The monoisotopic (exact) mass is 401 g/mol. The first-order chi connectivity index (χ1) is 14.1. The minimum atomic E-state index is -0.550. The minimum Gasteiger partial charge on any atom is -0.330 e. The molecule has 1 heterocycles. The molecule has 2 amide bonds. The predicted molar refractivity (Wildman–Crippen MR) is 117 cm³/mol. The Labute approximate surface area is 174 Å². The first-order valence-corrected chi connectivity index (χ1v) is 9.84. The van der Waals surface area contributed by atoms with Crippen molar-refractivity contribution < 1.29 is 19.2 Å². The van der Waals surface area contributed by atoms with Crippen molar-refractivity contribution in [1.82, 2.24) is 5.06 Å². The Morgan fingerprint density at radius 3 is 2.13 bits per heavy atom. The largest absolute Gasteiger partial charge is 0.333 e. The van der Waals surface area contributed by atoms with Gasteiger partial charge in [0.05, 0.1) is 0 Å². The van der Waals surface area contributed by atoms with Gasteiger partial charge < -0.3 is 4.84 Å². The number of imide groups is 1. The van der Waals surface area contributed by atoms with Gasteiger partial charge in [0.15, 0.2) is 0 Å². The molecular formula is C25H23NO4. The molecule has 30 heavy (non-hydrogen) atoms. The third kappa shape index (κ3) is 3.26. The maximum absolute atomic E-state index is 12.0. The van der Waals surface area contributed by atoms with Crippen LogP contribution in [-0.4, -0.2) is 22.8 Å². The molecule has 0 aliphatic carbocycles. The van der Waals surface area contributed by atoms with Gasteiger partial charge in [-0.05, 0) is 50.7 Å². The number of hydroxylamine groups is 2. The van der Waals surface area contributed by atoms with Crippen LogP contribution >= 0.6 is 0 Å². The van der Waals surface area contributed by atoms with Crippen molar-refractivity contribution in [2.45, 2.75) is 39.5 Å². The zero-order valence-electron chi connectivity index (χ0n) is 15.8. The highest BCUT2D eigenvalue weighted by atomic mass is 16.7. The lowest BCUT2D eigenvalue weighted by Crippen LogP contribution is -2.31. The fraction of sp³-hybridized carbons (Fsp3) is 0.240. The molecule has 0 unspecified atom stereocenters. The molecule has 1 fully saturated rings. The lowest BCUT2D eigenvalue weighted by Gasteiger charge is -2.14. The molecule has 0 atom stereocenters. The van der Waals surface area contributed by atoms with Crippen molar-refractivity contribution in [2.24, 2.45) is 0 Å². The molecule has 152 valence electrons. The second kappa shape index (κ2) is 7.75. The van der Waals surface area contributed by atoms with Gasteiger partial charge in [0.2, 0.25) is 0 Å². The summed E-state index contributed by atoms with van der Waals surface area (Å²) in [6.07, 6.45) is 1.66. The summed E-state index contributed by atoms with van der Waals surface area (Å²) in [5.74, 6) is -1.45. The average molecular weight is 401 g/mol. The number of rotatable bonds is 5. The van der Waals surface area contributed by atoms with Crippen molar-refractivity contribution in [3.05, 3.63) is 60.2 Å². The van der Waals surface area contributed by atoms with E-state index >= 15 is 0 Å². The van der Waals surface area contributed by atoms with Crippen LogP contribution in [0.4, 0.5) is 0 Å². The Bertz CT molecular complexity index is 1240. The summed E-state index contributed by atoms with van der Waals surface area (Å²) >= 11 is 0. The molecule has 5 heteroatoms. The average Bonchev–Trinajstić information content (AvgIpc) is 3.05. The van der Waals surface area contributed by atoms with E-state index in [1.165, 1.54) is 37.9 Å². The van der Waals surface area contributed by atoms with E-state index in [9.17, 15) is 14.4 Å². The van der Waals surface area contributed by atoms with Crippen LogP contribution in [0.25, 0.3) is 32.3 Å². The summed E-state index contributed by atoms with van der Waals surface area (Å²) in [5, 5.41) is 7.99. The number of benzene rings is 4. The fourth-order valence-electron chi connectivity index (χ4n) is 4.24. The quantitative estimate of drug-likeness (QED) is 0.343. The standard InChI is InChI=1S/C24H19NO4.CH4/c26-20-13-14-21(27)25(20)29-22(28)6-2-3-15-7-8-18-10-9-16-4-1-5-17-11-12-19(15)24(18)23(16)17;/h1,4-5,7-12H,2-3,6,13-14H2;1H4. The third-order valence-electron chi connectivity index (χ3n) is 5.64. The third-order valence-corrected chi connectivity index (χ3v) is 5.64. The molecule has 0 bridgehead atoms. The number of amides is 2. The molecular weight excluding hydrogens is 378 g/mol. The maximum Gasteiger partial charge on any atom is 0.333 e. The van der Waals surface area contributed by atoms with Crippen LogP contribution in [-0.2, 0) is 25.6 Å². The molecule has 0 aromatic heterocycles. The van der Waals surface area contributed by atoms with Gasteiger partial charge in [0, 0.05) is 19.3 Å². The van der Waals surface area contributed by atoms with E-state index in [2.05, 4.69) is 54.6 Å². The van der Waals surface area contributed by atoms with Crippen LogP contribution in [0.15, 0.2) is 54.6 Å². The highest BCUT2D eigenvalue weighted by Gasteiger charge is 2.32. The van der Waals surface area contributed by atoms with E-state index in [-0.39, 0.29) is 26.7 Å².